The molecule has 1 fully saturated rings. The topological polar surface area (TPSA) is 72.6 Å². The van der Waals surface area contributed by atoms with E-state index in [4.69, 9.17) is 10.5 Å². The van der Waals surface area contributed by atoms with Crippen molar-refractivity contribution >= 4 is 28.8 Å². The van der Waals surface area contributed by atoms with Gasteiger partial charge in [0.1, 0.15) is 5.78 Å². The molecule has 0 amide bonds. The van der Waals surface area contributed by atoms with E-state index in [1.807, 2.05) is 0 Å². The third-order valence-electron chi connectivity index (χ3n) is 4.96. The molecule has 0 bridgehead atoms. The van der Waals surface area contributed by atoms with Crippen molar-refractivity contribution in [2.75, 3.05) is 17.2 Å². The van der Waals surface area contributed by atoms with Crippen LogP contribution in [0.5, 0.6) is 5.75 Å². The number of nitrogens with zero attached hydrogens (tertiary/aromatic N) is 1. The van der Waals surface area contributed by atoms with Crippen molar-refractivity contribution in [3.05, 3.63) is 47.5 Å². The molecule has 1 spiro atoms. The maximum absolute atomic E-state index is 13.9. The highest BCUT2D eigenvalue weighted by molar-refractivity contribution is 6.10. The van der Waals surface area contributed by atoms with Crippen LogP contribution in [0.1, 0.15) is 25.3 Å². The molecule has 0 saturated heterocycles. The fourth-order valence-electron chi connectivity index (χ4n) is 3.47. The smallest absolute Gasteiger partial charge is 0.311 e. The van der Waals surface area contributed by atoms with Crippen LogP contribution in [-0.2, 0) is 15.0 Å². The number of nitrogen functional groups attached to an aromatic ring is 1. The largest absolute Gasteiger partial charge is 0.422 e. The lowest BCUT2D eigenvalue weighted by atomic mass is 9.98. The van der Waals surface area contributed by atoms with Crippen LogP contribution in [0, 0.1) is 11.6 Å². The first-order valence-electron chi connectivity index (χ1n) is 8.27. The van der Waals surface area contributed by atoms with Gasteiger partial charge in [-0.05, 0) is 23.8 Å². The van der Waals surface area contributed by atoms with Gasteiger partial charge in [-0.25, -0.2) is 8.78 Å². The Labute approximate surface area is 148 Å². The lowest BCUT2D eigenvalue weighted by Crippen LogP contribution is -2.22. The zero-order chi connectivity index (χ0) is 18.6. The number of anilines is 3. The summed E-state index contributed by atoms with van der Waals surface area (Å²) in [6.07, 6.45) is 0.431. The summed E-state index contributed by atoms with van der Waals surface area (Å²) in [5.74, 6) is -2.33. The Kier molecular flexibility index (Phi) is 3.50. The Morgan fingerprint density at radius 3 is 2.62 bits per heavy atom. The molecule has 134 valence electrons. The highest BCUT2D eigenvalue weighted by Crippen LogP contribution is 2.57. The van der Waals surface area contributed by atoms with E-state index in [1.54, 1.807) is 30.0 Å². The molecule has 1 atom stereocenters. The number of ether oxygens (including phenoxy) is 1. The summed E-state index contributed by atoms with van der Waals surface area (Å²) in [5, 5.41) is 0. The van der Waals surface area contributed by atoms with Gasteiger partial charge in [0.15, 0.2) is 17.4 Å². The number of carbonyl (C=O) groups excluding carboxylic acids is 2. The minimum atomic E-state index is -1.00. The van der Waals surface area contributed by atoms with Gasteiger partial charge in [-0.2, -0.15) is 0 Å². The summed E-state index contributed by atoms with van der Waals surface area (Å²) in [7, 11) is 0. The summed E-state index contributed by atoms with van der Waals surface area (Å²) in [6.45, 7) is 1.88. The van der Waals surface area contributed by atoms with Gasteiger partial charge in [-0.1, -0.05) is 13.0 Å². The molecule has 1 saturated carbocycles. The number of para-hydroxylation sites is 1. The van der Waals surface area contributed by atoms with Crippen LogP contribution in [0.3, 0.4) is 0 Å². The Morgan fingerprint density at radius 1 is 1.27 bits per heavy atom. The van der Waals surface area contributed by atoms with Crippen LogP contribution < -0.4 is 15.4 Å². The molecule has 0 unspecified atom stereocenters. The Morgan fingerprint density at radius 2 is 1.96 bits per heavy atom. The Balaban J connectivity index is 1.86. The second-order valence-electron chi connectivity index (χ2n) is 6.57. The maximum Gasteiger partial charge on any atom is 0.311 e. The third-order valence-corrected chi connectivity index (χ3v) is 4.96. The van der Waals surface area contributed by atoms with Crippen molar-refractivity contribution in [2.45, 2.75) is 25.2 Å². The van der Waals surface area contributed by atoms with Crippen LogP contribution in [0.15, 0.2) is 30.3 Å². The van der Waals surface area contributed by atoms with Gasteiger partial charge in [0.25, 0.3) is 0 Å². The van der Waals surface area contributed by atoms with E-state index >= 15 is 0 Å². The average molecular weight is 358 g/mol. The molecule has 1 aliphatic heterocycles. The predicted octanol–water partition coefficient (Wildman–Crippen LogP) is 3.22. The number of hydrogen-bond donors (Lipinski definition) is 1. The van der Waals surface area contributed by atoms with Gasteiger partial charge < -0.3 is 15.4 Å². The van der Waals surface area contributed by atoms with E-state index in [0.29, 0.717) is 16.9 Å². The number of Topliss-reactive ketones (excluding diaryl/α,β-unsaturated/α-hetero) is 1. The van der Waals surface area contributed by atoms with E-state index in [-0.39, 0.29) is 36.6 Å². The number of carbonyl (C=O) groups is 2. The average Bonchev–Trinajstić information content (AvgIpc) is 3.16. The molecule has 26 heavy (non-hydrogen) atoms. The van der Waals surface area contributed by atoms with Crippen LogP contribution >= 0.6 is 0 Å². The molecule has 7 heteroatoms. The monoisotopic (exact) mass is 358 g/mol. The number of benzene rings is 2. The summed E-state index contributed by atoms with van der Waals surface area (Å²) in [4.78, 5) is 25.5. The fraction of sp³-hybridized carbons (Fsp3) is 0.263. The third kappa shape index (κ3) is 2.27. The molecule has 1 heterocycles. The van der Waals surface area contributed by atoms with Gasteiger partial charge >= 0.3 is 5.97 Å². The second-order valence-corrected chi connectivity index (χ2v) is 6.57. The second kappa shape index (κ2) is 5.52. The molecule has 1 aliphatic carbocycles. The van der Waals surface area contributed by atoms with Crippen molar-refractivity contribution < 1.29 is 23.1 Å². The molecular weight excluding hydrogens is 342 g/mol. The number of ketones is 1. The SMILES string of the molecule is CCC(=O)Oc1c(N)cccc1N1C[C@]2(CC2=O)c2cc(F)c(F)cc21. The fourth-order valence-corrected chi connectivity index (χ4v) is 3.47. The number of nitrogens with two attached hydrogens (primary N) is 1. The van der Waals surface area contributed by atoms with Crippen LogP contribution in [0.25, 0.3) is 0 Å². The molecule has 2 aromatic carbocycles. The quantitative estimate of drug-likeness (QED) is 0.518. The maximum atomic E-state index is 13.9. The van der Waals surface area contributed by atoms with Gasteiger partial charge in [-0.3, -0.25) is 9.59 Å². The molecule has 2 aromatic rings. The normalized spacial score (nSPS) is 20.4. The number of hydrogen-bond acceptors (Lipinski definition) is 5. The van der Waals surface area contributed by atoms with Crippen LogP contribution in [0.4, 0.5) is 25.8 Å². The first-order chi connectivity index (χ1) is 12.4. The summed E-state index contributed by atoms with van der Waals surface area (Å²) in [6, 6.07) is 7.08. The van der Waals surface area contributed by atoms with Gasteiger partial charge in [0.05, 0.1) is 16.8 Å². The molecule has 5 nitrogen and oxygen atoms in total. The predicted molar refractivity (Wildman–Crippen MR) is 91.4 cm³/mol. The van der Waals surface area contributed by atoms with E-state index in [0.717, 1.165) is 12.1 Å². The van der Waals surface area contributed by atoms with Gasteiger partial charge in [-0.15, -0.1) is 0 Å². The number of rotatable bonds is 3. The minimum absolute atomic E-state index is 0.0248. The first kappa shape index (κ1) is 16.5. The van der Waals surface area contributed by atoms with Gasteiger partial charge in [0, 0.05) is 31.1 Å². The molecular formula is C19H16F2N2O3. The first-order valence-corrected chi connectivity index (χ1v) is 8.27. The van der Waals surface area contributed by atoms with Crippen molar-refractivity contribution in [3.8, 4) is 5.75 Å². The number of esters is 1. The molecule has 2 N–H and O–H groups in total. The number of fused-ring (bicyclic) bond motifs is 2. The zero-order valence-electron chi connectivity index (χ0n) is 14.0. The number of halogens is 2. The Bertz CT molecular complexity index is 960. The lowest BCUT2D eigenvalue weighted by Gasteiger charge is -2.23. The van der Waals surface area contributed by atoms with Crippen molar-refractivity contribution in [1.29, 1.82) is 0 Å². The Hall–Kier alpha value is -2.96. The highest BCUT2D eigenvalue weighted by Gasteiger charge is 2.61. The van der Waals surface area contributed by atoms with E-state index in [1.165, 1.54) is 0 Å². The van der Waals surface area contributed by atoms with E-state index < -0.39 is 23.0 Å². The van der Waals surface area contributed by atoms with Gasteiger partial charge in [0.2, 0.25) is 0 Å². The van der Waals surface area contributed by atoms with Crippen LogP contribution in [0.2, 0.25) is 0 Å². The van der Waals surface area contributed by atoms with Crippen molar-refractivity contribution in [3.63, 3.8) is 0 Å². The zero-order valence-corrected chi connectivity index (χ0v) is 14.0. The lowest BCUT2D eigenvalue weighted by molar-refractivity contribution is -0.133. The minimum Gasteiger partial charge on any atom is -0.422 e. The summed E-state index contributed by atoms with van der Waals surface area (Å²) < 4.78 is 33.0. The van der Waals surface area contributed by atoms with Crippen molar-refractivity contribution in [1.82, 2.24) is 0 Å². The van der Waals surface area contributed by atoms with Crippen molar-refractivity contribution in [2.24, 2.45) is 0 Å². The summed E-state index contributed by atoms with van der Waals surface area (Å²) >= 11 is 0. The standard InChI is InChI=1S/C19H16F2N2O3/c1-2-17(25)26-18-13(22)4-3-5-14(18)23-9-19(8-16(19)24)10-6-11(20)12(21)7-15(10)23/h3-7H,2,8-9,22H2,1H3/t19-/m1/s1. The molecule has 4 rings (SSSR count). The molecule has 0 radical (unpaired) electrons. The summed E-state index contributed by atoms with van der Waals surface area (Å²) in [5.41, 5.74) is 6.66. The van der Waals surface area contributed by atoms with Crippen LogP contribution in [-0.4, -0.2) is 18.3 Å². The van der Waals surface area contributed by atoms with E-state index in [2.05, 4.69) is 0 Å². The highest BCUT2D eigenvalue weighted by atomic mass is 19.2. The molecule has 0 aromatic heterocycles. The van der Waals surface area contributed by atoms with E-state index in [9.17, 15) is 18.4 Å². The molecule has 2 aliphatic rings.